The quantitative estimate of drug-likeness (QED) is 0.695. The molecule has 2 heterocycles. The van der Waals surface area contributed by atoms with Gasteiger partial charge in [-0.3, -0.25) is 9.78 Å². The third-order valence-electron chi connectivity index (χ3n) is 2.32. The maximum Gasteiger partial charge on any atom is 0.164 e. The fourth-order valence-electron chi connectivity index (χ4n) is 1.40. The van der Waals surface area contributed by atoms with Gasteiger partial charge in [-0.2, -0.15) is 0 Å². The van der Waals surface area contributed by atoms with Crippen molar-refractivity contribution in [3.8, 4) is 0 Å². The molecule has 1 aromatic rings. The van der Waals surface area contributed by atoms with Gasteiger partial charge in [-0.25, -0.2) is 0 Å². The Morgan fingerprint density at radius 2 is 2.46 bits per heavy atom. The van der Waals surface area contributed by atoms with Gasteiger partial charge in [0.2, 0.25) is 0 Å². The van der Waals surface area contributed by atoms with E-state index in [1.54, 1.807) is 18.5 Å². The van der Waals surface area contributed by atoms with Crippen LogP contribution in [-0.4, -0.2) is 23.9 Å². The van der Waals surface area contributed by atoms with E-state index in [1.807, 2.05) is 6.07 Å². The molecule has 2 rings (SSSR count). The lowest BCUT2D eigenvalue weighted by Crippen LogP contribution is -2.42. The van der Waals surface area contributed by atoms with Crippen molar-refractivity contribution in [2.24, 2.45) is 5.92 Å². The first kappa shape index (κ1) is 8.38. The van der Waals surface area contributed by atoms with Gasteiger partial charge in [0.1, 0.15) is 0 Å². The van der Waals surface area contributed by atoms with Gasteiger partial charge in [-0.1, -0.05) is 0 Å². The number of ketones is 1. The first-order valence-corrected chi connectivity index (χ1v) is 4.50. The highest BCUT2D eigenvalue weighted by Crippen LogP contribution is 2.12. The van der Waals surface area contributed by atoms with E-state index < -0.39 is 0 Å². The summed E-state index contributed by atoms with van der Waals surface area (Å²) in [6.45, 7) is 1.96. The van der Waals surface area contributed by atoms with Crippen LogP contribution in [0.2, 0.25) is 0 Å². The van der Waals surface area contributed by atoms with E-state index in [4.69, 9.17) is 0 Å². The first-order valence-electron chi connectivity index (χ1n) is 4.50. The lowest BCUT2D eigenvalue weighted by Gasteiger charge is -2.26. The number of carbonyl (C=O) groups excluding carboxylic acids is 1. The summed E-state index contributed by atoms with van der Waals surface area (Å²) in [6.07, 6.45) is 3.97. The number of pyridine rings is 1. The van der Waals surface area contributed by atoms with Crippen LogP contribution in [0.4, 0.5) is 0 Å². The standard InChI is InChI=1S/C10H12N2O/c13-10(4-8-5-12-6-8)9-2-1-3-11-7-9/h1-3,7-8,12H,4-6H2. The number of nitrogens with zero attached hydrogens (tertiary/aromatic N) is 1. The molecule has 0 aromatic carbocycles. The van der Waals surface area contributed by atoms with Gasteiger partial charge in [0.15, 0.2) is 5.78 Å². The van der Waals surface area contributed by atoms with Gasteiger partial charge < -0.3 is 5.32 Å². The lowest BCUT2D eigenvalue weighted by molar-refractivity contribution is 0.0945. The molecule has 1 fully saturated rings. The van der Waals surface area contributed by atoms with Crippen LogP contribution < -0.4 is 5.32 Å². The second-order valence-electron chi connectivity index (χ2n) is 3.39. The summed E-state index contributed by atoms with van der Waals surface area (Å²) in [5, 5.41) is 3.15. The maximum atomic E-state index is 11.6. The fourth-order valence-corrected chi connectivity index (χ4v) is 1.40. The number of Topliss-reactive ketones (excluding diaryl/α,β-unsaturated/α-hetero) is 1. The van der Waals surface area contributed by atoms with Crippen molar-refractivity contribution < 1.29 is 4.79 Å². The molecule has 0 bridgehead atoms. The molecule has 1 saturated heterocycles. The minimum Gasteiger partial charge on any atom is -0.316 e. The van der Waals surface area contributed by atoms with Gasteiger partial charge in [-0.15, -0.1) is 0 Å². The lowest BCUT2D eigenvalue weighted by atomic mass is 9.94. The summed E-state index contributed by atoms with van der Waals surface area (Å²) in [5.41, 5.74) is 0.731. The van der Waals surface area contributed by atoms with Crippen LogP contribution >= 0.6 is 0 Å². The Morgan fingerprint density at radius 3 is 3.00 bits per heavy atom. The number of aromatic nitrogens is 1. The Labute approximate surface area is 77.2 Å². The highest BCUT2D eigenvalue weighted by molar-refractivity contribution is 5.95. The summed E-state index contributed by atoms with van der Waals surface area (Å²) in [6, 6.07) is 3.62. The summed E-state index contributed by atoms with van der Waals surface area (Å²) in [4.78, 5) is 15.5. The summed E-state index contributed by atoms with van der Waals surface area (Å²) in [5.74, 6) is 0.743. The van der Waals surface area contributed by atoms with E-state index in [-0.39, 0.29) is 5.78 Å². The van der Waals surface area contributed by atoms with Crippen molar-refractivity contribution in [1.29, 1.82) is 0 Å². The molecule has 0 atom stereocenters. The average molecular weight is 176 g/mol. The van der Waals surface area contributed by atoms with Gasteiger partial charge in [-0.05, 0) is 31.1 Å². The number of nitrogens with one attached hydrogen (secondary N) is 1. The van der Waals surface area contributed by atoms with Gasteiger partial charge in [0, 0.05) is 24.4 Å². The topological polar surface area (TPSA) is 42.0 Å². The zero-order chi connectivity index (χ0) is 9.10. The average Bonchev–Trinajstić information content (AvgIpc) is 2.12. The van der Waals surface area contributed by atoms with Crippen molar-refractivity contribution in [3.63, 3.8) is 0 Å². The van der Waals surface area contributed by atoms with E-state index in [2.05, 4.69) is 10.3 Å². The summed E-state index contributed by atoms with van der Waals surface area (Å²) >= 11 is 0. The van der Waals surface area contributed by atoms with E-state index in [9.17, 15) is 4.79 Å². The van der Waals surface area contributed by atoms with Crippen molar-refractivity contribution in [1.82, 2.24) is 10.3 Å². The third kappa shape index (κ3) is 1.92. The fraction of sp³-hybridized carbons (Fsp3) is 0.400. The van der Waals surface area contributed by atoms with Crippen LogP contribution in [-0.2, 0) is 0 Å². The first-order chi connectivity index (χ1) is 6.36. The number of rotatable bonds is 3. The van der Waals surface area contributed by atoms with E-state index >= 15 is 0 Å². The van der Waals surface area contributed by atoms with Crippen LogP contribution in [0.15, 0.2) is 24.5 Å². The van der Waals surface area contributed by atoms with Gasteiger partial charge in [0.05, 0.1) is 0 Å². The predicted octanol–water partition coefficient (Wildman–Crippen LogP) is 0.874. The minimum absolute atomic E-state index is 0.208. The molecule has 0 amide bonds. The van der Waals surface area contributed by atoms with Crippen LogP contribution in [0.25, 0.3) is 0 Å². The van der Waals surface area contributed by atoms with Crippen LogP contribution in [0.1, 0.15) is 16.8 Å². The van der Waals surface area contributed by atoms with E-state index in [0.717, 1.165) is 18.7 Å². The second-order valence-corrected chi connectivity index (χ2v) is 3.39. The molecule has 0 aliphatic carbocycles. The van der Waals surface area contributed by atoms with Crippen molar-refractivity contribution in [2.45, 2.75) is 6.42 Å². The molecule has 3 heteroatoms. The maximum absolute atomic E-state index is 11.6. The molecule has 3 nitrogen and oxygen atoms in total. The number of hydrogen-bond donors (Lipinski definition) is 1. The Balaban J connectivity index is 1.97. The zero-order valence-corrected chi connectivity index (χ0v) is 7.36. The Morgan fingerprint density at radius 1 is 1.62 bits per heavy atom. The summed E-state index contributed by atoms with van der Waals surface area (Å²) in [7, 11) is 0. The van der Waals surface area contributed by atoms with E-state index in [1.165, 1.54) is 0 Å². The molecular weight excluding hydrogens is 164 g/mol. The molecular formula is C10H12N2O. The van der Waals surface area contributed by atoms with Gasteiger partial charge in [0.25, 0.3) is 0 Å². The normalized spacial score (nSPS) is 16.6. The minimum atomic E-state index is 0.208. The van der Waals surface area contributed by atoms with Crippen LogP contribution in [0, 0.1) is 5.92 Å². The Bertz CT molecular complexity index is 293. The monoisotopic (exact) mass is 176 g/mol. The molecule has 68 valence electrons. The molecule has 0 saturated carbocycles. The van der Waals surface area contributed by atoms with Gasteiger partial charge >= 0.3 is 0 Å². The summed E-state index contributed by atoms with van der Waals surface area (Å²) < 4.78 is 0. The molecule has 1 N–H and O–H groups in total. The van der Waals surface area contributed by atoms with Crippen LogP contribution in [0.3, 0.4) is 0 Å². The Hall–Kier alpha value is -1.22. The zero-order valence-electron chi connectivity index (χ0n) is 7.36. The highest BCUT2D eigenvalue weighted by atomic mass is 16.1. The van der Waals surface area contributed by atoms with Crippen molar-refractivity contribution in [3.05, 3.63) is 30.1 Å². The largest absolute Gasteiger partial charge is 0.316 e. The highest BCUT2D eigenvalue weighted by Gasteiger charge is 2.20. The Kier molecular flexibility index (Phi) is 2.36. The van der Waals surface area contributed by atoms with Crippen molar-refractivity contribution in [2.75, 3.05) is 13.1 Å². The van der Waals surface area contributed by atoms with E-state index in [0.29, 0.717) is 12.3 Å². The molecule has 13 heavy (non-hydrogen) atoms. The molecule has 0 radical (unpaired) electrons. The predicted molar refractivity (Wildman–Crippen MR) is 49.5 cm³/mol. The third-order valence-corrected chi connectivity index (χ3v) is 2.32. The number of hydrogen-bond acceptors (Lipinski definition) is 3. The molecule has 0 unspecified atom stereocenters. The SMILES string of the molecule is O=C(CC1CNC1)c1cccnc1. The molecule has 1 aromatic heterocycles. The number of carbonyl (C=O) groups is 1. The smallest absolute Gasteiger partial charge is 0.164 e. The molecule has 1 aliphatic heterocycles. The van der Waals surface area contributed by atoms with Crippen LogP contribution in [0.5, 0.6) is 0 Å². The molecule has 1 aliphatic rings. The molecule has 0 spiro atoms. The second kappa shape index (κ2) is 3.66. The van der Waals surface area contributed by atoms with Crippen molar-refractivity contribution >= 4 is 5.78 Å².